The molecule has 4 rings (SSSR count). The first-order valence-corrected chi connectivity index (χ1v) is 10.7. The van der Waals surface area contributed by atoms with Crippen molar-refractivity contribution >= 4 is 40.4 Å². The van der Waals surface area contributed by atoms with Gasteiger partial charge in [0.2, 0.25) is 0 Å². The Morgan fingerprint density at radius 2 is 1.89 bits per heavy atom. The van der Waals surface area contributed by atoms with Crippen molar-refractivity contribution in [3.8, 4) is 16.3 Å². The highest BCUT2D eigenvalue weighted by molar-refractivity contribution is 7.13. The van der Waals surface area contributed by atoms with Gasteiger partial charge in [-0.15, -0.1) is 11.3 Å². The van der Waals surface area contributed by atoms with E-state index in [9.17, 15) is 4.79 Å². The van der Waals surface area contributed by atoms with E-state index in [2.05, 4.69) is 4.98 Å². The molecule has 0 bridgehead atoms. The van der Waals surface area contributed by atoms with Crippen molar-refractivity contribution in [3.05, 3.63) is 69.1 Å². The van der Waals surface area contributed by atoms with Gasteiger partial charge in [0, 0.05) is 34.6 Å². The number of nitrogens with zero attached hydrogens (tertiary/aromatic N) is 2. The van der Waals surface area contributed by atoms with E-state index in [0.717, 1.165) is 42.1 Å². The van der Waals surface area contributed by atoms with Crippen molar-refractivity contribution in [2.45, 2.75) is 19.4 Å². The molecule has 3 aromatic rings. The van der Waals surface area contributed by atoms with Crippen LogP contribution in [0.4, 0.5) is 0 Å². The predicted molar refractivity (Wildman–Crippen MR) is 113 cm³/mol. The molecule has 144 valence electrons. The molecule has 1 aromatic heterocycles. The SMILES string of the molecule is O=C(c1csc(-c2ccc(OCc3ccccc3Cl)cc2Cl)n1)N1CCCC1. The fourth-order valence-electron chi connectivity index (χ4n) is 3.11. The maximum Gasteiger partial charge on any atom is 0.273 e. The van der Waals surface area contributed by atoms with Gasteiger partial charge >= 0.3 is 0 Å². The van der Waals surface area contributed by atoms with Crippen LogP contribution in [-0.4, -0.2) is 28.9 Å². The summed E-state index contributed by atoms with van der Waals surface area (Å²) in [6, 6.07) is 13.0. The molecular formula is C21H18Cl2N2O2S. The van der Waals surface area contributed by atoms with Gasteiger partial charge in [-0.3, -0.25) is 4.79 Å². The minimum atomic E-state index is -0.00387. The summed E-state index contributed by atoms with van der Waals surface area (Å²) in [5.41, 5.74) is 2.18. The van der Waals surface area contributed by atoms with Gasteiger partial charge in [-0.1, -0.05) is 41.4 Å². The number of hydrogen-bond acceptors (Lipinski definition) is 4. The van der Waals surface area contributed by atoms with Crippen molar-refractivity contribution in [3.63, 3.8) is 0 Å². The van der Waals surface area contributed by atoms with E-state index >= 15 is 0 Å². The normalized spacial score (nSPS) is 13.7. The molecule has 0 aliphatic carbocycles. The van der Waals surface area contributed by atoms with Gasteiger partial charge in [0.25, 0.3) is 5.91 Å². The van der Waals surface area contributed by atoms with Gasteiger partial charge in [-0.2, -0.15) is 0 Å². The molecule has 1 aliphatic rings. The van der Waals surface area contributed by atoms with E-state index < -0.39 is 0 Å². The molecule has 1 saturated heterocycles. The lowest BCUT2D eigenvalue weighted by Crippen LogP contribution is -2.27. The number of halogens is 2. The highest BCUT2D eigenvalue weighted by atomic mass is 35.5. The summed E-state index contributed by atoms with van der Waals surface area (Å²) in [6.45, 7) is 1.98. The molecular weight excluding hydrogens is 415 g/mol. The number of rotatable bonds is 5. The summed E-state index contributed by atoms with van der Waals surface area (Å²) in [6.07, 6.45) is 2.12. The average Bonchev–Trinajstić information content (AvgIpc) is 3.39. The Labute approximate surface area is 177 Å². The second-order valence-corrected chi connectivity index (χ2v) is 8.23. The van der Waals surface area contributed by atoms with Crippen molar-refractivity contribution in [1.82, 2.24) is 9.88 Å². The van der Waals surface area contributed by atoms with E-state index in [-0.39, 0.29) is 5.91 Å². The van der Waals surface area contributed by atoms with Gasteiger partial charge in [0.1, 0.15) is 23.1 Å². The number of carbonyl (C=O) groups is 1. The second kappa shape index (κ2) is 8.52. The van der Waals surface area contributed by atoms with Crippen LogP contribution in [0, 0.1) is 0 Å². The molecule has 0 radical (unpaired) electrons. The third kappa shape index (κ3) is 4.17. The molecule has 2 heterocycles. The van der Waals surface area contributed by atoms with Crippen LogP contribution in [0.15, 0.2) is 47.8 Å². The summed E-state index contributed by atoms with van der Waals surface area (Å²) >= 11 is 14.0. The lowest BCUT2D eigenvalue weighted by atomic mass is 10.2. The van der Waals surface area contributed by atoms with Crippen LogP contribution < -0.4 is 4.74 Å². The molecule has 1 aliphatic heterocycles. The molecule has 0 saturated carbocycles. The fraction of sp³-hybridized carbons (Fsp3) is 0.238. The Hall–Kier alpha value is -2.08. The van der Waals surface area contributed by atoms with Crippen LogP contribution in [0.3, 0.4) is 0 Å². The van der Waals surface area contributed by atoms with Gasteiger partial charge in [-0.25, -0.2) is 4.98 Å². The van der Waals surface area contributed by atoms with Crippen LogP contribution in [0.5, 0.6) is 5.75 Å². The van der Waals surface area contributed by atoms with Crippen LogP contribution in [0.25, 0.3) is 10.6 Å². The first-order chi connectivity index (χ1) is 13.6. The molecule has 0 N–H and O–H groups in total. The van der Waals surface area contributed by atoms with Gasteiger partial charge in [0.05, 0.1) is 5.02 Å². The maximum atomic E-state index is 12.5. The molecule has 2 aromatic carbocycles. The van der Waals surface area contributed by atoms with Gasteiger partial charge < -0.3 is 9.64 Å². The predicted octanol–water partition coefficient (Wildman–Crippen LogP) is 5.93. The smallest absolute Gasteiger partial charge is 0.273 e. The van der Waals surface area contributed by atoms with Crippen LogP contribution in [-0.2, 0) is 6.61 Å². The quantitative estimate of drug-likeness (QED) is 0.501. The average molecular weight is 433 g/mol. The van der Waals surface area contributed by atoms with E-state index in [0.29, 0.717) is 28.1 Å². The topological polar surface area (TPSA) is 42.4 Å². The van der Waals surface area contributed by atoms with E-state index in [4.69, 9.17) is 27.9 Å². The summed E-state index contributed by atoms with van der Waals surface area (Å²) in [7, 11) is 0. The zero-order valence-corrected chi connectivity index (χ0v) is 17.4. The molecule has 0 spiro atoms. The third-order valence-corrected chi connectivity index (χ3v) is 6.20. The Morgan fingerprint density at radius 3 is 2.64 bits per heavy atom. The largest absolute Gasteiger partial charge is 0.489 e. The van der Waals surface area contributed by atoms with Crippen molar-refractivity contribution in [1.29, 1.82) is 0 Å². The van der Waals surface area contributed by atoms with Crippen LogP contribution in [0.1, 0.15) is 28.9 Å². The number of thiazole rings is 1. The highest BCUT2D eigenvalue weighted by Gasteiger charge is 2.22. The molecule has 1 amide bonds. The molecule has 7 heteroatoms. The second-order valence-electron chi connectivity index (χ2n) is 6.56. The summed E-state index contributed by atoms with van der Waals surface area (Å²) < 4.78 is 5.81. The Balaban J connectivity index is 1.47. The number of ether oxygens (including phenoxy) is 1. The number of amides is 1. The molecule has 4 nitrogen and oxygen atoms in total. The highest BCUT2D eigenvalue weighted by Crippen LogP contribution is 2.34. The molecule has 0 unspecified atom stereocenters. The number of likely N-dealkylation sites (tertiary alicyclic amines) is 1. The number of aromatic nitrogens is 1. The fourth-order valence-corrected chi connectivity index (χ4v) is 4.45. The van der Waals surface area contributed by atoms with Crippen LogP contribution >= 0.6 is 34.5 Å². The molecule has 0 atom stereocenters. The molecule has 28 heavy (non-hydrogen) atoms. The third-order valence-electron chi connectivity index (χ3n) is 4.64. The van der Waals surface area contributed by atoms with E-state index in [1.165, 1.54) is 11.3 Å². The maximum absolute atomic E-state index is 12.5. The Kier molecular flexibility index (Phi) is 5.85. The minimum Gasteiger partial charge on any atom is -0.489 e. The van der Waals surface area contributed by atoms with E-state index in [1.807, 2.05) is 41.3 Å². The number of benzene rings is 2. The van der Waals surface area contributed by atoms with Gasteiger partial charge in [0.15, 0.2) is 0 Å². The minimum absolute atomic E-state index is 0.00387. The molecule has 1 fully saturated rings. The van der Waals surface area contributed by atoms with E-state index in [1.54, 1.807) is 11.4 Å². The van der Waals surface area contributed by atoms with Gasteiger partial charge in [-0.05, 0) is 37.1 Å². The number of hydrogen-bond donors (Lipinski definition) is 0. The lowest BCUT2D eigenvalue weighted by Gasteiger charge is -2.12. The van der Waals surface area contributed by atoms with Crippen molar-refractivity contribution < 1.29 is 9.53 Å². The van der Waals surface area contributed by atoms with Crippen molar-refractivity contribution in [2.75, 3.05) is 13.1 Å². The summed E-state index contributed by atoms with van der Waals surface area (Å²) in [5, 5.41) is 3.73. The Morgan fingerprint density at radius 1 is 1.11 bits per heavy atom. The first kappa shape index (κ1) is 19.2. The van der Waals surface area contributed by atoms with Crippen molar-refractivity contribution in [2.24, 2.45) is 0 Å². The standard InChI is InChI=1S/C21H18Cl2N2O2S/c22-17-6-2-1-5-14(17)12-27-15-7-8-16(18(23)11-15)20-24-19(13-28-20)21(26)25-9-3-4-10-25/h1-2,5-8,11,13H,3-4,9-10,12H2. The first-order valence-electron chi connectivity index (χ1n) is 9.03. The zero-order chi connectivity index (χ0) is 19.5. The Bertz CT molecular complexity index is 1000. The summed E-state index contributed by atoms with van der Waals surface area (Å²) in [5.74, 6) is 0.648. The number of carbonyl (C=O) groups excluding carboxylic acids is 1. The summed E-state index contributed by atoms with van der Waals surface area (Å²) in [4.78, 5) is 18.8. The van der Waals surface area contributed by atoms with Crippen LogP contribution in [0.2, 0.25) is 10.0 Å². The lowest BCUT2D eigenvalue weighted by molar-refractivity contribution is 0.0788. The monoisotopic (exact) mass is 432 g/mol. The zero-order valence-electron chi connectivity index (χ0n) is 15.0.